The second-order valence-corrected chi connectivity index (χ2v) is 5.36. The molecule has 0 atom stereocenters. The van der Waals surface area contributed by atoms with Gasteiger partial charge in [0, 0.05) is 18.6 Å². The Morgan fingerprint density at radius 3 is 2.43 bits per heavy atom. The van der Waals surface area contributed by atoms with Crippen molar-refractivity contribution < 1.29 is 4.79 Å². The van der Waals surface area contributed by atoms with Crippen LogP contribution in [0.1, 0.15) is 41.0 Å². The molecule has 1 fully saturated rings. The summed E-state index contributed by atoms with van der Waals surface area (Å²) in [4.78, 5) is 14.0. The van der Waals surface area contributed by atoms with Gasteiger partial charge in [0.05, 0.1) is 5.54 Å². The van der Waals surface area contributed by atoms with E-state index in [0.717, 1.165) is 19.5 Å². The maximum absolute atomic E-state index is 12.0. The van der Waals surface area contributed by atoms with Crippen LogP contribution in [0.15, 0.2) is 0 Å². The molecule has 1 saturated heterocycles. The highest BCUT2D eigenvalue weighted by Crippen LogP contribution is 2.22. The number of carbonyl (C=O) groups excluding carboxylic acids is 1. The molecule has 3 nitrogen and oxygen atoms in total. The summed E-state index contributed by atoms with van der Waals surface area (Å²) in [6.07, 6.45) is 1.03. The van der Waals surface area contributed by atoms with Crippen LogP contribution in [0.2, 0.25) is 0 Å². The number of hydrogen-bond donors (Lipinski definition) is 1. The largest absolute Gasteiger partial charge is 0.339 e. The van der Waals surface area contributed by atoms with Crippen LogP contribution in [0.25, 0.3) is 0 Å². The van der Waals surface area contributed by atoms with Crippen LogP contribution in [0.5, 0.6) is 0 Å². The highest BCUT2D eigenvalue weighted by Gasteiger charge is 2.42. The first-order chi connectivity index (χ1) is 6.28. The van der Waals surface area contributed by atoms with Gasteiger partial charge < -0.3 is 4.90 Å². The number of carbonyl (C=O) groups is 1. The maximum atomic E-state index is 12.0. The summed E-state index contributed by atoms with van der Waals surface area (Å²) in [6, 6.07) is 0. The van der Waals surface area contributed by atoms with E-state index in [-0.39, 0.29) is 11.4 Å². The van der Waals surface area contributed by atoms with Gasteiger partial charge in [-0.1, -0.05) is 6.92 Å². The van der Waals surface area contributed by atoms with Crippen molar-refractivity contribution in [3.05, 3.63) is 0 Å². The summed E-state index contributed by atoms with van der Waals surface area (Å²) in [5.41, 5.74) is -0.399. The molecule has 1 aliphatic rings. The molecular weight excluding hydrogens is 176 g/mol. The van der Waals surface area contributed by atoms with E-state index < -0.39 is 5.54 Å². The summed E-state index contributed by atoms with van der Waals surface area (Å²) in [5, 5.41) is 3.38. The molecule has 0 spiro atoms. The van der Waals surface area contributed by atoms with Gasteiger partial charge in [-0.05, 0) is 34.1 Å². The Morgan fingerprint density at radius 2 is 1.93 bits per heavy atom. The zero-order chi connectivity index (χ0) is 11.0. The van der Waals surface area contributed by atoms with Crippen molar-refractivity contribution in [1.82, 2.24) is 10.2 Å². The standard InChI is InChI=1S/C11H22N2O/c1-6-7-13-8-10(2,3)12-11(4,5)9(13)14/h12H,6-8H2,1-5H3. The molecule has 0 saturated carbocycles. The predicted octanol–water partition coefficient (Wildman–Crippen LogP) is 1.39. The Hall–Kier alpha value is -0.570. The number of rotatable bonds is 2. The van der Waals surface area contributed by atoms with E-state index in [4.69, 9.17) is 0 Å². The molecule has 0 radical (unpaired) electrons. The van der Waals surface area contributed by atoms with Gasteiger partial charge in [-0.2, -0.15) is 0 Å². The Kier molecular flexibility index (Phi) is 2.91. The lowest BCUT2D eigenvalue weighted by Crippen LogP contribution is -2.69. The lowest BCUT2D eigenvalue weighted by Gasteiger charge is -2.47. The van der Waals surface area contributed by atoms with Crippen LogP contribution in [-0.4, -0.2) is 35.0 Å². The first-order valence-corrected chi connectivity index (χ1v) is 5.37. The molecule has 1 amide bonds. The number of hydrogen-bond acceptors (Lipinski definition) is 2. The second kappa shape index (κ2) is 3.54. The number of nitrogens with one attached hydrogen (secondary N) is 1. The molecule has 0 bridgehead atoms. The fraction of sp³-hybridized carbons (Fsp3) is 0.909. The van der Waals surface area contributed by atoms with Crippen molar-refractivity contribution in [3.63, 3.8) is 0 Å². The Bertz CT molecular complexity index is 233. The maximum Gasteiger partial charge on any atom is 0.242 e. The van der Waals surface area contributed by atoms with E-state index in [2.05, 4.69) is 26.1 Å². The van der Waals surface area contributed by atoms with E-state index in [9.17, 15) is 4.79 Å². The van der Waals surface area contributed by atoms with E-state index in [0.29, 0.717) is 0 Å². The zero-order valence-electron chi connectivity index (χ0n) is 9.98. The average Bonchev–Trinajstić information content (AvgIpc) is 1.97. The minimum Gasteiger partial charge on any atom is -0.339 e. The summed E-state index contributed by atoms with van der Waals surface area (Å²) < 4.78 is 0. The first kappa shape index (κ1) is 11.5. The normalized spacial score (nSPS) is 25.2. The summed E-state index contributed by atoms with van der Waals surface area (Å²) >= 11 is 0. The van der Waals surface area contributed by atoms with Crippen LogP contribution in [-0.2, 0) is 4.79 Å². The molecule has 0 aromatic rings. The molecule has 0 aliphatic carbocycles. The molecular formula is C11H22N2O. The van der Waals surface area contributed by atoms with Crippen molar-refractivity contribution in [2.45, 2.75) is 52.1 Å². The van der Waals surface area contributed by atoms with Crippen LogP contribution in [0.3, 0.4) is 0 Å². The first-order valence-electron chi connectivity index (χ1n) is 5.37. The molecule has 14 heavy (non-hydrogen) atoms. The highest BCUT2D eigenvalue weighted by atomic mass is 16.2. The predicted molar refractivity (Wildman–Crippen MR) is 58.2 cm³/mol. The van der Waals surface area contributed by atoms with Crippen molar-refractivity contribution in [2.75, 3.05) is 13.1 Å². The summed E-state index contributed by atoms with van der Waals surface area (Å²) in [6.45, 7) is 12.0. The molecule has 82 valence electrons. The molecule has 0 aromatic carbocycles. The van der Waals surface area contributed by atoms with Crippen LogP contribution >= 0.6 is 0 Å². The van der Waals surface area contributed by atoms with E-state index in [1.807, 2.05) is 18.7 Å². The minimum atomic E-state index is -0.420. The fourth-order valence-electron chi connectivity index (χ4n) is 2.33. The molecule has 3 heteroatoms. The SMILES string of the molecule is CCCN1CC(C)(C)NC(C)(C)C1=O. The van der Waals surface area contributed by atoms with Gasteiger partial charge in [-0.15, -0.1) is 0 Å². The van der Waals surface area contributed by atoms with Gasteiger partial charge in [-0.3, -0.25) is 10.1 Å². The molecule has 0 unspecified atom stereocenters. The molecule has 1 N–H and O–H groups in total. The van der Waals surface area contributed by atoms with Crippen LogP contribution in [0, 0.1) is 0 Å². The molecule has 0 aromatic heterocycles. The lowest BCUT2D eigenvalue weighted by molar-refractivity contribution is -0.143. The van der Waals surface area contributed by atoms with E-state index in [1.54, 1.807) is 0 Å². The second-order valence-electron chi connectivity index (χ2n) is 5.36. The topological polar surface area (TPSA) is 32.3 Å². The third-order valence-electron chi connectivity index (χ3n) is 2.55. The summed E-state index contributed by atoms with van der Waals surface area (Å²) in [5.74, 6) is 0.221. The van der Waals surface area contributed by atoms with Gasteiger partial charge in [0.15, 0.2) is 0 Å². The number of nitrogens with zero attached hydrogens (tertiary/aromatic N) is 1. The van der Waals surface area contributed by atoms with Gasteiger partial charge in [-0.25, -0.2) is 0 Å². The number of piperazine rings is 1. The monoisotopic (exact) mass is 198 g/mol. The van der Waals surface area contributed by atoms with Crippen molar-refractivity contribution in [1.29, 1.82) is 0 Å². The molecule has 1 rings (SSSR count). The number of amides is 1. The lowest BCUT2D eigenvalue weighted by atomic mass is 9.90. The highest BCUT2D eigenvalue weighted by molar-refractivity contribution is 5.86. The van der Waals surface area contributed by atoms with Gasteiger partial charge in [0.25, 0.3) is 0 Å². The Morgan fingerprint density at radius 1 is 1.36 bits per heavy atom. The zero-order valence-corrected chi connectivity index (χ0v) is 9.98. The van der Waals surface area contributed by atoms with Crippen molar-refractivity contribution in [2.24, 2.45) is 0 Å². The minimum absolute atomic E-state index is 0.0204. The molecule has 1 aliphatic heterocycles. The smallest absolute Gasteiger partial charge is 0.242 e. The van der Waals surface area contributed by atoms with E-state index in [1.165, 1.54) is 0 Å². The van der Waals surface area contributed by atoms with E-state index >= 15 is 0 Å². The van der Waals surface area contributed by atoms with Crippen LogP contribution in [0.4, 0.5) is 0 Å². The van der Waals surface area contributed by atoms with Gasteiger partial charge in [0.2, 0.25) is 5.91 Å². The molecule has 1 heterocycles. The third kappa shape index (κ3) is 2.27. The Labute approximate surface area is 86.9 Å². The van der Waals surface area contributed by atoms with Crippen molar-refractivity contribution in [3.8, 4) is 0 Å². The van der Waals surface area contributed by atoms with Gasteiger partial charge in [0.1, 0.15) is 0 Å². The van der Waals surface area contributed by atoms with Gasteiger partial charge >= 0.3 is 0 Å². The quantitative estimate of drug-likeness (QED) is 0.727. The Balaban J connectivity index is 2.83. The fourth-order valence-corrected chi connectivity index (χ4v) is 2.33. The third-order valence-corrected chi connectivity index (χ3v) is 2.55. The summed E-state index contributed by atoms with van der Waals surface area (Å²) in [7, 11) is 0. The average molecular weight is 198 g/mol. The van der Waals surface area contributed by atoms with Crippen molar-refractivity contribution >= 4 is 5.91 Å². The van der Waals surface area contributed by atoms with Crippen LogP contribution < -0.4 is 5.32 Å².